The van der Waals surface area contributed by atoms with E-state index in [2.05, 4.69) is 5.32 Å². The predicted octanol–water partition coefficient (Wildman–Crippen LogP) is 1.50. The Morgan fingerprint density at radius 1 is 1.57 bits per heavy atom. The number of aliphatic carboxylic acids is 1. The molecule has 0 fully saturated rings. The lowest BCUT2D eigenvalue weighted by Crippen LogP contribution is -2.10. The van der Waals surface area contributed by atoms with E-state index < -0.39 is 5.97 Å². The van der Waals surface area contributed by atoms with E-state index in [9.17, 15) is 4.79 Å². The lowest BCUT2D eigenvalue weighted by molar-refractivity contribution is -0.139. The number of anilines is 1. The third-order valence-electron chi connectivity index (χ3n) is 1.81. The van der Waals surface area contributed by atoms with Crippen LogP contribution in [0.25, 0.3) is 0 Å². The molecule has 1 aromatic rings. The number of rotatable bonds is 4. The summed E-state index contributed by atoms with van der Waals surface area (Å²) in [5.74, 6) is -0.367. The number of carboxylic acids is 1. The van der Waals surface area contributed by atoms with Gasteiger partial charge in [0.05, 0.1) is 0 Å². The van der Waals surface area contributed by atoms with E-state index in [0.29, 0.717) is 5.75 Å². The minimum absolute atomic E-state index is 0.306. The molecule has 4 nitrogen and oxygen atoms in total. The van der Waals surface area contributed by atoms with E-state index in [4.69, 9.17) is 9.84 Å². The zero-order valence-corrected chi connectivity index (χ0v) is 8.20. The molecule has 76 valence electrons. The van der Waals surface area contributed by atoms with Crippen molar-refractivity contribution in [2.45, 2.75) is 6.92 Å². The fourth-order valence-electron chi connectivity index (χ4n) is 1.11. The van der Waals surface area contributed by atoms with Crippen molar-refractivity contribution < 1.29 is 14.6 Å². The van der Waals surface area contributed by atoms with Gasteiger partial charge in [-0.3, -0.25) is 0 Å². The van der Waals surface area contributed by atoms with Gasteiger partial charge in [-0.05, 0) is 30.7 Å². The highest BCUT2D eigenvalue weighted by atomic mass is 16.5. The van der Waals surface area contributed by atoms with Gasteiger partial charge in [0.25, 0.3) is 0 Å². The monoisotopic (exact) mass is 195 g/mol. The van der Waals surface area contributed by atoms with Crippen LogP contribution in [-0.2, 0) is 4.79 Å². The molecule has 0 aliphatic carbocycles. The molecule has 0 saturated carbocycles. The van der Waals surface area contributed by atoms with Gasteiger partial charge >= 0.3 is 5.97 Å². The molecule has 0 aliphatic heterocycles. The molecule has 0 aliphatic rings. The van der Waals surface area contributed by atoms with Crippen LogP contribution < -0.4 is 10.1 Å². The quantitative estimate of drug-likeness (QED) is 0.764. The molecule has 0 aromatic heterocycles. The van der Waals surface area contributed by atoms with Crippen molar-refractivity contribution in [1.29, 1.82) is 0 Å². The van der Waals surface area contributed by atoms with E-state index in [1.807, 2.05) is 26.1 Å². The molecule has 1 rings (SSSR count). The number of aryl methyl sites for hydroxylation is 1. The van der Waals surface area contributed by atoms with Gasteiger partial charge in [-0.1, -0.05) is 0 Å². The fraction of sp³-hybridized carbons (Fsp3) is 0.300. The first-order valence-electron chi connectivity index (χ1n) is 4.26. The number of benzene rings is 1. The van der Waals surface area contributed by atoms with Crippen LogP contribution in [0.1, 0.15) is 5.56 Å². The van der Waals surface area contributed by atoms with Crippen LogP contribution in [0, 0.1) is 6.92 Å². The van der Waals surface area contributed by atoms with Crippen molar-refractivity contribution in [2.24, 2.45) is 0 Å². The number of ether oxygens (including phenoxy) is 1. The Morgan fingerprint density at radius 2 is 2.29 bits per heavy atom. The van der Waals surface area contributed by atoms with Crippen LogP contribution in [0.4, 0.5) is 5.69 Å². The minimum atomic E-state index is -0.970. The average Bonchev–Trinajstić information content (AvgIpc) is 2.15. The SMILES string of the molecule is CNc1ccc(OCC(=O)O)c(C)c1. The third kappa shape index (κ3) is 2.65. The second kappa shape index (κ2) is 4.50. The van der Waals surface area contributed by atoms with Crippen molar-refractivity contribution in [2.75, 3.05) is 19.0 Å². The minimum Gasteiger partial charge on any atom is -0.482 e. The maximum absolute atomic E-state index is 10.3. The Hall–Kier alpha value is -1.71. The van der Waals surface area contributed by atoms with Gasteiger partial charge in [0.15, 0.2) is 6.61 Å². The summed E-state index contributed by atoms with van der Waals surface area (Å²) in [7, 11) is 1.83. The number of hydrogen-bond donors (Lipinski definition) is 2. The summed E-state index contributed by atoms with van der Waals surface area (Å²) in [6.45, 7) is 1.57. The van der Waals surface area contributed by atoms with Gasteiger partial charge in [0.1, 0.15) is 5.75 Å². The Labute approximate surface area is 82.5 Å². The zero-order chi connectivity index (χ0) is 10.6. The molecule has 0 heterocycles. The summed E-state index contributed by atoms with van der Waals surface area (Å²) in [5, 5.41) is 11.4. The molecule has 4 heteroatoms. The van der Waals surface area contributed by atoms with Crippen molar-refractivity contribution in [3.05, 3.63) is 23.8 Å². The second-order valence-corrected chi connectivity index (χ2v) is 2.91. The van der Waals surface area contributed by atoms with Crippen molar-refractivity contribution in [3.63, 3.8) is 0 Å². The van der Waals surface area contributed by atoms with E-state index in [-0.39, 0.29) is 6.61 Å². The maximum atomic E-state index is 10.3. The van der Waals surface area contributed by atoms with Crippen molar-refractivity contribution in [1.82, 2.24) is 0 Å². The standard InChI is InChI=1S/C10H13NO3/c1-7-5-8(11-2)3-4-9(7)14-6-10(12)13/h3-5,11H,6H2,1-2H3,(H,12,13). The molecule has 0 saturated heterocycles. The molecule has 0 spiro atoms. The number of nitrogens with one attached hydrogen (secondary N) is 1. The number of carbonyl (C=O) groups is 1. The van der Waals surface area contributed by atoms with Gasteiger partial charge in [0.2, 0.25) is 0 Å². The predicted molar refractivity (Wildman–Crippen MR) is 53.9 cm³/mol. The lowest BCUT2D eigenvalue weighted by atomic mass is 10.2. The second-order valence-electron chi connectivity index (χ2n) is 2.91. The first-order valence-corrected chi connectivity index (χ1v) is 4.26. The Bertz CT molecular complexity index is 336. The van der Waals surface area contributed by atoms with E-state index in [1.54, 1.807) is 6.07 Å². The van der Waals surface area contributed by atoms with E-state index >= 15 is 0 Å². The average molecular weight is 195 g/mol. The molecule has 0 amide bonds. The third-order valence-corrected chi connectivity index (χ3v) is 1.81. The molecule has 0 radical (unpaired) electrons. The van der Waals surface area contributed by atoms with Gasteiger partial charge < -0.3 is 15.2 Å². The summed E-state index contributed by atoms with van der Waals surface area (Å²) in [5.41, 5.74) is 1.89. The van der Waals surface area contributed by atoms with E-state index in [0.717, 1.165) is 11.3 Å². The largest absolute Gasteiger partial charge is 0.482 e. The number of carboxylic acid groups (broad SMARTS) is 1. The van der Waals surface area contributed by atoms with Crippen LogP contribution in [0.2, 0.25) is 0 Å². The van der Waals surface area contributed by atoms with Crippen LogP contribution in [0.15, 0.2) is 18.2 Å². The molecular formula is C10H13NO3. The van der Waals surface area contributed by atoms with Gasteiger partial charge in [-0.15, -0.1) is 0 Å². The first-order chi connectivity index (χ1) is 6.63. The molecule has 0 unspecified atom stereocenters. The highest BCUT2D eigenvalue weighted by molar-refractivity contribution is 5.68. The van der Waals surface area contributed by atoms with Gasteiger partial charge in [-0.25, -0.2) is 4.79 Å². The van der Waals surface area contributed by atoms with Crippen LogP contribution in [0.3, 0.4) is 0 Å². The van der Waals surface area contributed by atoms with Crippen LogP contribution in [-0.4, -0.2) is 24.7 Å². The summed E-state index contributed by atoms with van der Waals surface area (Å²) in [6.07, 6.45) is 0. The fourth-order valence-corrected chi connectivity index (χ4v) is 1.11. The lowest BCUT2D eigenvalue weighted by Gasteiger charge is -2.08. The zero-order valence-electron chi connectivity index (χ0n) is 8.20. The Balaban J connectivity index is 2.73. The van der Waals surface area contributed by atoms with E-state index in [1.165, 1.54) is 0 Å². The molecule has 0 bridgehead atoms. The summed E-state index contributed by atoms with van der Waals surface area (Å²) in [6, 6.07) is 5.49. The summed E-state index contributed by atoms with van der Waals surface area (Å²) < 4.78 is 5.07. The first kappa shape index (κ1) is 10.4. The summed E-state index contributed by atoms with van der Waals surface area (Å²) in [4.78, 5) is 10.3. The molecule has 0 atom stereocenters. The van der Waals surface area contributed by atoms with Crippen molar-refractivity contribution >= 4 is 11.7 Å². The highest BCUT2D eigenvalue weighted by Gasteiger charge is 2.02. The van der Waals surface area contributed by atoms with Gasteiger partial charge in [-0.2, -0.15) is 0 Å². The van der Waals surface area contributed by atoms with Crippen LogP contribution >= 0.6 is 0 Å². The Kier molecular flexibility index (Phi) is 3.34. The Morgan fingerprint density at radius 3 is 2.79 bits per heavy atom. The molecule has 14 heavy (non-hydrogen) atoms. The molecule has 2 N–H and O–H groups in total. The number of hydrogen-bond acceptors (Lipinski definition) is 3. The van der Waals surface area contributed by atoms with Crippen molar-refractivity contribution in [3.8, 4) is 5.75 Å². The van der Waals surface area contributed by atoms with Gasteiger partial charge in [0, 0.05) is 12.7 Å². The normalized spacial score (nSPS) is 9.57. The molecule has 1 aromatic carbocycles. The molecular weight excluding hydrogens is 182 g/mol. The van der Waals surface area contributed by atoms with Crippen LogP contribution in [0.5, 0.6) is 5.75 Å². The summed E-state index contributed by atoms with van der Waals surface area (Å²) >= 11 is 0. The smallest absolute Gasteiger partial charge is 0.341 e. The topological polar surface area (TPSA) is 58.6 Å². The maximum Gasteiger partial charge on any atom is 0.341 e. The highest BCUT2D eigenvalue weighted by Crippen LogP contribution is 2.21.